The second kappa shape index (κ2) is 5.32. The third kappa shape index (κ3) is 2.10. The number of methoxy groups -OCH3 is 1. The van der Waals surface area contributed by atoms with Crippen molar-refractivity contribution in [2.75, 3.05) is 20.2 Å². The standard InChI is InChI=1S/C21H27NO2/c1-24-19-4-2-3-15-11-18-17-8-7-16(23)12-21(17,20(15)19)9-10-22(18)13-14-5-6-14/h2-4,14,17-18H,5-13H2,1H3/t17-,18+,21-/m0/s1. The second-order valence-corrected chi connectivity index (χ2v) is 8.47. The molecule has 128 valence electrons. The van der Waals surface area contributed by atoms with E-state index in [1.54, 1.807) is 7.11 Å². The molecule has 1 aliphatic heterocycles. The number of benzene rings is 1. The molecule has 1 heterocycles. The van der Waals surface area contributed by atoms with Crippen LogP contribution in [0, 0.1) is 11.8 Å². The lowest BCUT2D eigenvalue weighted by atomic mass is 9.52. The number of ketones is 1. The zero-order chi connectivity index (χ0) is 16.3. The van der Waals surface area contributed by atoms with Crippen molar-refractivity contribution in [1.29, 1.82) is 0 Å². The van der Waals surface area contributed by atoms with Gasteiger partial charge in [-0.15, -0.1) is 0 Å². The van der Waals surface area contributed by atoms with Crippen molar-refractivity contribution in [3.63, 3.8) is 0 Å². The maximum absolute atomic E-state index is 12.4. The topological polar surface area (TPSA) is 29.5 Å². The molecular formula is C21H27NO2. The summed E-state index contributed by atoms with van der Waals surface area (Å²) in [7, 11) is 1.78. The summed E-state index contributed by atoms with van der Waals surface area (Å²) in [6.45, 7) is 2.44. The van der Waals surface area contributed by atoms with Crippen LogP contribution in [0.25, 0.3) is 0 Å². The molecule has 3 heteroatoms. The molecule has 0 aromatic heterocycles. The van der Waals surface area contributed by atoms with Crippen molar-refractivity contribution in [2.45, 2.75) is 56.4 Å². The van der Waals surface area contributed by atoms with Crippen molar-refractivity contribution in [2.24, 2.45) is 11.8 Å². The summed E-state index contributed by atoms with van der Waals surface area (Å²) >= 11 is 0. The van der Waals surface area contributed by atoms with Gasteiger partial charge in [0.2, 0.25) is 0 Å². The van der Waals surface area contributed by atoms with Crippen LogP contribution in [-0.4, -0.2) is 36.9 Å². The van der Waals surface area contributed by atoms with E-state index >= 15 is 0 Å². The Bertz CT molecular complexity index is 680. The summed E-state index contributed by atoms with van der Waals surface area (Å²) in [6, 6.07) is 7.13. The lowest BCUT2D eigenvalue weighted by Crippen LogP contribution is -2.62. The summed E-state index contributed by atoms with van der Waals surface area (Å²) in [5.41, 5.74) is 2.86. The van der Waals surface area contributed by atoms with Crippen molar-refractivity contribution in [1.82, 2.24) is 4.90 Å². The molecule has 24 heavy (non-hydrogen) atoms. The number of hydrogen-bond acceptors (Lipinski definition) is 3. The van der Waals surface area contributed by atoms with E-state index in [2.05, 4.69) is 23.1 Å². The predicted octanol–water partition coefficient (Wildman–Crippen LogP) is 3.34. The molecular weight excluding hydrogens is 298 g/mol. The monoisotopic (exact) mass is 325 g/mol. The van der Waals surface area contributed by atoms with Crippen LogP contribution >= 0.6 is 0 Å². The molecule has 0 unspecified atom stereocenters. The minimum Gasteiger partial charge on any atom is -0.496 e. The van der Waals surface area contributed by atoms with Gasteiger partial charge in [0.15, 0.2) is 0 Å². The van der Waals surface area contributed by atoms with Crippen LogP contribution in [0.2, 0.25) is 0 Å². The first-order chi connectivity index (χ1) is 11.7. The van der Waals surface area contributed by atoms with E-state index in [1.807, 2.05) is 0 Å². The molecule has 0 radical (unpaired) electrons. The molecule has 4 aliphatic rings. The molecule has 2 saturated carbocycles. The first kappa shape index (κ1) is 14.9. The Morgan fingerprint density at radius 3 is 2.96 bits per heavy atom. The first-order valence-electron chi connectivity index (χ1n) is 9.63. The minimum atomic E-state index is 0.0419. The fraction of sp³-hybridized carbons (Fsp3) is 0.667. The van der Waals surface area contributed by atoms with Gasteiger partial charge in [0.1, 0.15) is 11.5 Å². The zero-order valence-corrected chi connectivity index (χ0v) is 14.6. The smallest absolute Gasteiger partial charge is 0.133 e. The average molecular weight is 325 g/mol. The Kier molecular flexibility index (Phi) is 3.31. The van der Waals surface area contributed by atoms with Gasteiger partial charge in [-0.1, -0.05) is 12.1 Å². The van der Waals surface area contributed by atoms with E-state index in [0.717, 1.165) is 50.3 Å². The fourth-order valence-corrected chi connectivity index (χ4v) is 6.00. The van der Waals surface area contributed by atoms with Gasteiger partial charge < -0.3 is 4.74 Å². The highest BCUT2D eigenvalue weighted by molar-refractivity contribution is 5.82. The number of carbonyl (C=O) groups is 1. The van der Waals surface area contributed by atoms with E-state index < -0.39 is 0 Å². The van der Waals surface area contributed by atoms with Gasteiger partial charge in [-0.25, -0.2) is 0 Å². The van der Waals surface area contributed by atoms with Gasteiger partial charge in [0.25, 0.3) is 0 Å². The van der Waals surface area contributed by atoms with E-state index in [-0.39, 0.29) is 5.41 Å². The highest BCUT2D eigenvalue weighted by atomic mass is 16.5. The average Bonchev–Trinajstić information content (AvgIpc) is 3.40. The Balaban J connectivity index is 1.62. The van der Waals surface area contributed by atoms with Crippen LogP contribution in [0.15, 0.2) is 18.2 Å². The highest BCUT2D eigenvalue weighted by Crippen LogP contribution is 2.57. The molecule has 3 aliphatic carbocycles. The lowest BCUT2D eigenvalue weighted by Gasteiger charge is -2.58. The van der Waals surface area contributed by atoms with E-state index in [9.17, 15) is 4.79 Å². The maximum atomic E-state index is 12.4. The third-order valence-electron chi connectivity index (χ3n) is 7.18. The summed E-state index contributed by atoms with van der Waals surface area (Å²) in [4.78, 5) is 15.2. The van der Waals surface area contributed by atoms with Gasteiger partial charge in [-0.05, 0) is 62.1 Å². The van der Waals surface area contributed by atoms with Crippen LogP contribution in [0.5, 0.6) is 5.75 Å². The molecule has 5 rings (SSSR count). The molecule has 3 atom stereocenters. The maximum Gasteiger partial charge on any atom is 0.133 e. The molecule has 0 N–H and O–H groups in total. The van der Waals surface area contributed by atoms with Crippen LogP contribution < -0.4 is 4.74 Å². The number of rotatable bonds is 3. The Hall–Kier alpha value is -1.35. The van der Waals surface area contributed by atoms with E-state index in [0.29, 0.717) is 17.7 Å². The molecule has 0 spiro atoms. The molecule has 2 bridgehead atoms. The molecule has 1 aromatic carbocycles. The molecule has 0 amide bonds. The third-order valence-corrected chi connectivity index (χ3v) is 7.18. The van der Waals surface area contributed by atoms with Crippen LogP contribution in [0.4, 0.5) is 0 Å². The second-order valence-electron chi connectivity index (χ2n) is 8.47. The van der Waals surface area contributed by atoms with Crippen LogP contribution in [0.1, 0.15) is 49.7 Å². The van der Waals surface area contributed by atoms with Crippen LogP contribution in [-0.2, 0) is 16.6 Å². The summed E-state index contributed by atoms with van der Waals surface area (Å²) < 4.78 is 5.76. The lowest BCUT2D eigenvalue weighted by molar-refractivity contribution is -0.127. The Morgan fingerprint density at radius 2 is 2.17 bits per heavy atom. The molecule has 3 fully saturated rings. The van der Waals surface area contributed by atoms with E-state index in [4.69, 9.17) is 4.74 Å². The number of piperidine rings is 1. The zero-order valence-electron chi connectivity index (χ0n) is 14.6. The first-order valence-corrected chi connectivity index (χ1v) is 9.63. The van der Waals surface area contributed by atoms with Crippen molar-refractivity contribution in [3.8, 4) is 5.75 Å². The molecule has 3 nitrogen and oxygen atoms in total. The van der Waals surface area contributed by atoms with Gasteiger partial charge in [-0.2, -0.15) is 0 Å². The van der Waals surface area contributed by atoms with Gasteiger partial charge >= 0.3 is 0 Å². The highest BCUT2D eigenvalue weighted by Gasteiger charge is 2.56. The number of hydrogen-bond donors (Lipinski definition) is 0. The van der Waals surface area contributed by atoms with Crippen molar-refractivity contribution in [3.05, 3.63) is 29.3 Å². The predicted molar refractivity (Wildman–Crippen MR) is 93.4 cm³/mol. The molecule has 1 saturated heterocycles. The largest absolute Gasteiger partial charge is 0.496 e. The fourth-order valence-electron chi connectivity index (χ4n) is 6.00. The van der Waals surface area contributed by atoms with Crippen molar-refractivity contribution < 1.29 is 9.53 Å². The van der Waals surface area contributed by atoms with Gasteiger partial charge in [0.05, 0.1) is 7.11 Å². The van der Waals surface area contributed by atoms with E-state index in [1.165, 1.54) is 30.5 Å². The minimum absolute atomic E-state index is 0.0419. The number of nitrogens with zero attached hydrogens (tertiary/aromatic N) is 1. The van der Waals surface area contributed by atoms with Crippen LogP contribution in [0.3, 0.4) is 0 Å². The number of carbonyl (C=O) groups excluding carboxylic acids is 1. The van der Waals surface area contributed by atoms with Gasteiger partial charge in [-0.3, -0.25) is 9.69 Å². The summed E-state index contributed by atoms with van der Waals surface area (Å²) in [5.74, 6) is 3.04. The van der Waals surface area contributed by atoms with Gasteiger partial charge in [0, 0.05) is 36.4 Å². The SMILES string of the molecule is COc1cccc2c1[C@]13CCN(CC4CC4)[C@H](C2)[C@@H]1CCC(=O)C3. The Labute approximate surface area is 144 Å². The van der Waals surface area contributed by atoms with Crippen molar-refractivity contribution >= 4 is 5.78 Å². The number of Topliss-reactive ketones (excluding diaryl/α,β-unsaturated/α-hetero) is 1. The number of fused-ring (bicyclic) bond motifs is 1. The number of likely N-dealkylation sites (tertiary alicyclic amines) is 1. The normalized spacial score (nSPS) is 35.3. The Morgan fingerprint density at radius 1 is 1.29 bits per heavy atom. The summed E-state index contributed by atoms with van der Waals surface area (Å²) in [6.07, 6.45) is 7.69. The molecule has 1 aromatic rings. The summed E-state index contributed by atoms with van der Waals surface area (Å²) in [5, 5.41) is 0. The quantitative estimate of drug-likeness (QED) is 0.853. The number of ether oxygens (including phenoxy) is 1.